The van der Waals surface area contributed by atoms with Gasteiger partial charge in [-0.05, 0) is 37.4 Å². The number of carbonyl (C=O) groups excluding carboxylic acids is 1. The molecule has 1 saturated heterocycles. The molecule has 116 valence electrons. The average Bonchev–Trinajstić information content (AvgIpc) is 2.47. The second-order valence-corrected chi connectivity index (χ2v) is 6.71. The molecule has 0 bridgehead atoms. The van der Waals surface area contributed by atoms with E-state index in [-0.39, 0.29) is 5.91 Å². The quantitative estimate of drug-likeness (QED) is 0.910. The highest BCUT2D eigenvalue weighted by molar-refractivity contribution is 6.43. The van der Waals surface area contributed by atoms with Crippen LogP contribution < -0.4 is 5.32 Å². The van der Waals surface area contributed by atoms with Gasteiger partial charge in [-0.3, -0.25) is 4.79 Å². The van der Waals surface area contributed by atoms with Gasteiger partial charge in [0.2, 0.25) is 0 Å². The van der Waals surface area contributed by atoms with Gasteiger partial charge in [-0.1, -0.05) is 43.1 Å². The molecule has 1 atom stereocenters. The molecule has 0 aromatic heterocycles. The molecule has 1 aromatic rings. The summed E-state index contributed by atoms with van der Waals surface area (Å²) in [4.78, 5) is 14.5. The first-order chi connectivity index (χ1) is 9.99. The van der Waals surface area contributed by atoms with Crippen LogP contribution >= 0.6 is 23.2 Å². The Kier molecular flexibility index (Phi) is 5.91. The van der Waals surface area contributed by atoms with Crippen LogP contribution in [0.25, 0.3) is 0 Å². The van der Waals surface area contributed by atoms with Crippen molar-refractivity contribution in [1.82, 2.24) is 10.2 Å². The topological polar surface area (TPSA) is 32.3 Å². The zero-order valence-electron chi connectivity index (χ0n) is 12.5. The number of nitrogens with zero attached hydrogens (tertiary/aromatic N) is 1. The monoisotopic (exact) mass is 328 g/mol. The predicted molar refractivity (Wildman–Crippen MR) is 88.2 cm³/mol. The Labute approximate surface area is 136 Å². The molecule has 5 heteroatoms. The van der Waals surface area contributed by atoms with Gasteiger partial charge in [-0.25, -0.2) is 0 Å². The third-order valence-corrected chi connectivity index (χ3v) is 4.62. The fourth-order valence-corrected chi connectivity index (χ4v) is 3.04. The van der Waals surface area contributed by atoms with Gasteiger partial charge in [-0.2, -0.15) is 0 Å². The van der Waals surface area contributed by atoms with Gasteiger partial charge in [0.25, 0.3) is 5.91 Å². The molecule has 1 unspecified atom stereocenters. The zero-order chi connectivity index (χ0) is 15.4. The molecule has 0 spiro atoms. The molecule has 1 aliphatic heterocycles. The molecular weight excluding hydrogens is 307 g/mol. The third kappa shape index (κ3) is 4.35. The molecular formula is C16H22Cl2N2O. The normalized spacial score (nSPS) is 19.1. The lowest BCUT2D eigenvalue weighted by Crippen LogP contribution is -2.43. The van der Waals surface area contributed by atoms with E-state index in [0.29, 0.717) is 27.6 Å². The summed E-state index contributed by atoms with van der Waals surface area (Å²) in [6.45, 7) is 6.79. The standard InChI is InChI=1S/C16H22Cl2N2O/c1-11(2)19-9-12-5-4-8-20(10-12)16(21)13-6-3-7-14(17)15(13)18/h3,6-7,11-12,19H,4-5,8-10H2,1-2H3. The van der Waals surface area contributed by atoms with Crippen molar-refractivity contribution in [3.8, 4) is 0 Å². The summed E-state index contributed by atoms with van der Waals surface area (Å²) < 4.78 is 0. The molecule has 1 aromatic carbocycles. The van der Waals surface area contributed by atoms with Crippen LogP contribution in [0.4, 0.5) is 0 Å². The second-order valence-electron chi connectivity index (χ2n) is 5.92. The maximum atomic E-state index is 12.6. The van der Waals surface area contributed by atoms with Crippen LogP contribution in [0.2, 0.25) is 10.0 Å². The van der Waals surface area contributed by atoms with E-state index in [1.807, 2.05) is 4.90 Å². The number of likely N-dealkylation sites (tertiary alicyclic amines) is 1. The summed E-state index contributed by atoms with van der Waals surface area (Å²) in [5, 5.41) is 4.23. The van der Waals surface area contributed by atoms with Crippen LogP contribution in [-0.2, 0) is 0 Å². The Morgan fingerprint density at radius 2 is 2.19 bits per heavy atom. The van der Waals surface area contributed by atoms with Crippen LogP contribution in [0, 0.1) is 5.92 Å². The number of carbonyl (C=O) groups is 1. The SMILES string of the molecule is CC(C)NCC1CCCN(C(=O)c2cccc(Cl)c2Cl)C1. The fourth-order valence-electron chi connectivity index (χ4n) is 2.66. The Balaban J connectivity index is 2.03. The van der Waals surface area contributed by atoms with E-state index in [2.05, 4.69) is 19.2 Å². The van der Waals surface area contributed by atoms with Gasteiger partial charge in [0.1, 0.15) is 0 Å². The molecule has 2 rings (SSSR count). The van der Waals surface area contributed by atoms with Crippen molar-refractivity contribution >= 4 is 29.1 Å². The van der Waals surface area contributed by atoms with Gasteiger partial charge in [-0.15, -0.1) is 0 Å². The molecule has 1 N–H and O–H groups in total. The number of nitrogens with one attached hydrogen (secondary N) is 1. The average molecular weight is 329 g/mol. The maximum absolute atomic E-state index is 12.6. The van der Waals surface area contributed by atoms with Gasteiger partial charge >= 0.3 is 0 Å². The van der Waals surface area contributed by atoms with E-state index < -0.39 is 0 Å². The minimum absolute atomic E-state index is 0.0169. The van der Waals surface area contributed by atoms with E-state index in [9.17, 15) is 4.79 Å². The largest absolute Gasteiger partial charge is 0.338 e. The smallest absolute Gasteiger partial charge is 0.255 e. The summed E-state index contributed by atoms with van der Waals surface area (Å²) in [5.41, 5.74) is 0.502. The van der Waals surface area contributed by atoms with Gasteiger partial charge in [0, 0.05) is 19.1 Å². The molecule has 0 saturated carbocycles. The molecule has 21 heavy (non-hydrogen) atoms. The summed E-state index contributed by atoms with van der Waals surface area (Å²) in [7, 11) is 0. The van der Waals surface area contributed by atoms with Crippen LogP contribution in [-0.4, -0.2) is 36.5 Å². The van der Waals surface area contributed by atoms with Crippen molar-refractivity contribution in [2.75, 3.05) is 19.6 Å². The minimum atomic E-state index is -0.0169. The van der Waals surface area contributed by atoms with Crippen molar-refractivity contribution in [2.24, 2.45) is 5.92 Å². The Morgan fingerprint density at radius 3 is 2.90 bits per heavy atom. The van der Waals surface area contributed by atoms with E-state index in [0.717, 1.165) is 32.5 Å². The van der Waals surface area contributed by atoms with E-state index in [1.54, 1.807) is 18.2 Å². The fraction of sp³-hybridized carbons (Fsp3) is 0.562. The highest BCUT2D eigenvalue weighted by Gasteiger charge is 2.26. The summed E-state index contributed by atoms with van der Waals surface area (Å²) in [6.07, 6.45) is 2.20. The first-order valence-corrected chi connectivity index (χ1v) is 8.21. The molecule has 0 aliphatic carbocycles. The summed E-state index contributed by atoms with van der Waals surface area (Å²) in [5.74, 6) is 0.486. The highest BCUT2D eigenvalue weighted by Crippen LogP contribution is 2.28. The summed E-state index contributed by atoms with van der Waals surface area (Å²) >= 11 is 12.2. The predicted octanol–water partition coefficient (Wildman–Crippen LogP) is 3.84. The van der Waals surface area contributed by atoms with Crippen LogP contribution in [0.5, 0.6) is 0 Å². The third-order valence-electron chi connectivity index (χ3n) is 3.80. The summed E-state index contributed by atoms with van der Waals surface area (Å²) in [6, 6.07) is 5.68. The Morgan fingerprint density at radius 1 is 1.43 bits per heavy atom. The lowest BCUT2D eigenvalue weighted by molar-refractivity contribution is 0.0672. The van der Waals surface area contributed by atoms with Gasteiger partial charge in [0.15, 0.2) is 0 Å². The number of amides is 1. The minimum Gasteiger partial charge on any atom is -0.338 e. The lowest BCUT2D eigenvalue weighted by atomic mass is 9.97. The Hall–Kier alpha value is -0.770. The van der Waals surface area contributed by atoms with Crippen molar-refractivity contribution in [3.05, 3.63) is 33.8 Å². The van der Waals surface area contributed by atoms with Crippen molar-refractivity contribution in [1.29, 1.82) is 0 Å². The van der Waals surface area contributed by atoms with Crippen molar-refractivity contribution in [2.45, 2.75) is 32.7 Å². The number of halogens is 2. The lowest BCUT2D eigenvalue weighted by Gasteiger charge is -2.33. The van der Waals surface area contributed by atoms with E-state index in [1.165, 1.54) is 0 Å². The Bertz CT molecular complexity index is 505. The van der Waals surface area contributed by atoms with Crippen molar-refractivity contribution < 1.29 is 4.79 Å². The van der Waals surface area contributed by atoms with Crippen LogP contribution in [0.15, 0.2) is 18.2 Å². The number of benzene rings is 1. The van der Waals surface area contributed by atoms with Gasteiger partial charge in [0.05, 0.1) is 15.6 Å². The molecule has 1 amide bonds. The van der Waals surface area contributed by atoms with Crippen LogP contribution in [0.1, 0.15) is 37.0 Å². The van der Waals surface area contributed by atoms with Crippen molar-refractivity contribution in [3.63, 3.8) is 0 Å². The first-order valence-electron chi connectivity index (χ1n) is 7.45. The molecule has 1 aliphatic rings. The molecule has 1 fully saturated rings. The first kappa shape index (κ1) is 16.6. The molecule has 3 nitrogen and oxygen atoms in total. The maximum Gasteiger partial charge on any atom is 0.255 e. The zero-order valence-corrected chi connectivity index (χ0v) is 14.0. The number of hydrogen-bond acceptors (Lipinski definition) is 2. The number of hydrogen-bond donors (Lipinski definition) is 1. The van der Waals surface area contributed by atoms with E-state index >= 15 is 0 Å². The number of piperidine rings is 1. The number of rotatable bonds is 4. The van der Waals surface area contributed by atoms with Crippen LogP contribution in [0.3, 0.4) is 0 Å². The van der Waals surface area contributed by atoms with E-state index in [4.69, 9.17) is 23.2 Å². The molecule has 1 heterocycles. The van der Waals surface area contributed by atoms with Gasteiger partial charge < -0.3 is 10.2 Å². The highest BCUT2D eigenvalue weighted by atomic mass is 35.5. The molecule has 0 radical (unpaired) electrons. The second kappa shape index (κ2) is 7.48.